The van der Waals surface area contributed by atoms with Crippen LogP contribution >= 0.6 is 24.0 Å². The van der Waals surface area contributed by atoms with Gasteiger partial charge in [-0.25, -0.2) is 4.99 Å². The molecule has 0 radical (unpaired) electrons. The van der Waals surface area contributed by atoms with E-state index in [0.717, 1.165) is 12.3 Å². The number of aryl methyl sites for hydroxylation is 2. The van der Waals surface area contributed by atoms with Crippen molar-refractivity contribution in [1.82, 2.24) is 16.0 Å². The quantitative estimate of drug-likeness (QED) is 0.331. The summed E-state index contributed by atoms with van der Waals surface area (Å²) in [5.74, 6) is 1.23. The zero-order valence-corrected chi connectivity index (χ0v) is 17.8. The molecule has 0 saturated heterocycles. The van der Waals surface area contributed by atoms with Crippen LogP contribution in [-0.4, -0.2) is 25.0 Å². The summed E-state index contributed by atoms with van der Waals surface area (Å²) in [5, 5.41) is 8.99. The van der Waals surface area contributed by atoms with Crippen LogP contribution in [-0.2, 0) is 17.9 Å². The molecule has 0 aliphatic rings. The predicted molar refractivity (Wildman–Crippen MR) is 115 cm³/mol. The second kappa shape index (κ2) is 11.6. The van der Waals surface area contributed by atoms with Crippen molar-refractivity contribution in [3.8, 4) is 0 Å². The van der Waals surface area contributed by atoms with Crippen LogP contribution in [0.15, 0.2) is 46.0 Å². The molecule has 0 spiro atoms. The normalized spacial score (nSPS) is 10.8. The minimum absolute atomic E-state index is 0. The van der Waals surface area contributed by atoms with Gasteiger partial charge in [0.1, 0.15) is 5.76 Å². The average molecular weight is 470 g/mol. The molecule has 0 saturated carbocycles. The highest BCUT2D eigenvalue weighted by atomic mass is 127. The molecule has 1 amide bonds. The molecule has 3 N–H and O–H groups in total. The maximum absolute atomic E-state index is 11.9. The van der Waals surface area contributed by atoms with Gasteiger partial charge < -0.3 is 20.4 Å². The Morgan fingerprint density at radius 3 is 2.62 bits per heavy atom. The van der Waals surface area contributed by atoms with Crippen molar-refractivity contribution < 1.29 is 9.21 Å². The number of rotatable bonds is 7. The number of nitrogens with one attached hydrogen (secondary N) is 3. The maximum atomic E-state index is 11.9. The first-order valence-electron chi connectivity index (χ1n) is 8.46. The van der Waals surface area contributed by atoms with Gasteiger partial charge in [-0.3, -0.25) is 4.79 Å². The number of benzene rings is 1. The first kappa shape index (κ1) is 22.0. The summed E-state index contributed by atoms with van der Waals surface area (Å²) in [6.45, 7) is 7.98. The van der Waals surface area contributed by atoms with Crippen molar-refractivity contribution in [2.24, 2.45) is 4.99 Å². The fraction of sp³-hybridized carbons (Fsp3) is 0.368. The summed E-state index contributed by atoms with van der Waals surface area (Å²) < 4.78 is 5.18. The van der Waals surface area contributed by atoms with E-state index in [0.29, 0.717) is 19.0 Å². The van der Waals surface area contributed by atoms with Crippen molar-refractivity contribution in [1.29, 1.82) is 0 Å². The maximum Gasteiger partial charge on any atom is 0.239 e. The number of carbonyl (C=O) groups is 1. The van der Waals surface area contributed by atoms with Crippen LogP contribution in [0.5, 0.6) is 0 Å². The Bertz CT molecular complexity index is 714. The van der Waals surface area contributed by atoms with Crippen LogP contribution in [0.1, 0.15) is 29.4 Å². The van der Waals surface area contributed by atoms with Crippen molar-refractivity contribution in [2.75, 3.05) is 13.1 Å². The largest absolute Gasteiger partial charge is 0.467 e. The van der Waals surface area contributed by atoms with E-state index < -0.39 is 0 Å². The first-order valence-corrected chi connectivity index (χ1v) is 8.46. The first-order chi connectivity index (χ1) is 12.1. The fourth-order valence-corrected chi connectivity index (χ4v) is 2.35. The third kappa shape index (κ3) is 7.47. The number of amides is 1. The minimum atomic E-state index is -0.117. The molecule has 0 aliphatic carbocycles. The molecule has 0 fully saturated rings. The summed E-state index contributed by atoms with van der Waals surface area (Å²) in [4.78, 5) is 16.5. The van der Waals surface area contributed by atoms with Crippen LogP contribution in [0, 0.1) is 13.8 Å². The molecule has 1 aromatic heterocycles. The molecule has 0 atom stereocenters. The van der Waals surface area contributed by atoms with Gasteiger partial charge in [-0.1, -0.05) is 23.8 Å². The molecule has 26 heavy (non-hydrogen) atoms. The molecule has 1 heterocycles. The van der Waals surface area contributed by atoms with E-state index in [2.05, 4.69) is 53.0 Å². The topological polar surface area (TPSA) is 78.7 Å². The number of furan rings is 1. The predicted octanol–water partition coefficient (Wildman–Crippen LogP) is 2.89. The Morgan fingerprint density at radius 1 is 1.15 bits per heavy atom. The number of aliphatic imine (C=N–C) groups is 1. The van der Waals surface area contributed by atoms with Gasteiger partial charge in [0.25, 0.3) is 0 Å². The van der Waals surface area contributed by atoms with E-state index >= 15 is 0 Å². The third-order valence-electron chi connectivity index (χ3n) is 3.71. The summed E-state index contributed by atoms with van der Waals surface area (Å²) in [6.07, 6.45) is 1.59. The van der Waals surface area contributed by atoms with Gasteiger partial charge in [-0.15, -0.1) is 24.0 Å². The van der Waals surface area contributed by atoms with E-state index in [4.69, 9.17) is 4.42 Å². The highest BCUT2D eigenvalue weighted by molar-refractivity contribution is 14.0. The summed E-state index contributed by atoms with van der Waals surface area (Å²) in [6, 6.07) is 9.94. The second-order valence-corrected chi connectivity index (χ2v) is 5.83. The van der Waals surface area contributed by atoms with Gasteiger partial charge >= 0.3 is 0 Å². The number of hydrogen-bond acceptors (Lipinski definition) is 3. The van der Waals surface area contributed by atoms with E-state index in [1.807, 2.05) is 13.0 Å². The number of nitrogens with zero attached hydrogens (tertiary/aromatic N) is 1. The molecule has 1 aromatic carbocycles. The van der Waals surface area contributed by atoms with Crippen molar-refractivity contribution >= 4 is 35.8 Å². The van der Waals surface area contributed by atoms with Crippen LogP contribution in [0.2, 0.25) is 0 Å². The summed E-state index contributed by atoms with van der Waals surface area (Å²) >= 11 is 0. The Kier molecular flexibility index (Phi) is 9.79. The molecule has 2 rings (SSSR count). The Balaban J connectivity index is 0.00000338. The lowest BCUT2D eigenvalue weighted by atomic mass is 10.1. The number of carbonyl (C=O) groups excluding carboxylic acids is 1. The van der Waals surface area contributed by atoms with Gasteiger partial charge in [0.15, 0.2) is 5.96 Å². The summed E-state index contributed by atoms with van der Waals surface area (Å²) in [5.41, 5.74) is 3.63. The lowest BCUT2D eigenvalue weighted by Crippen LogP contribution is -2.43. The molecule has 142 valence electrons. The second-order valence-electron chi connectivity index (χ2n) is 5.83. The lowest BCUT2D eigenvalue weighted by Gasteiger charge is -2.12. The van der Waals surface area contributed by atoms with E-state index in [1.54, 1.807) is 12.3 Å². The summed E-state index contributed by atoms with van der Waals surface area (Å²) in [7, 11) is 0. The minimum Gasteiger partial charge on any atom is -0.467 e. The van der Waals surface area contributed by atoms with Crippen molar-refractivity contribution in [3.63, 3.8) is 0 Å². The zero-order chi connectivity index (χ0) is 18.1. The zero-order valence-electron chi connectivity index (χ0n) is 15.5. The molecular weight excluding hydrogens is 443 g/mol. The van der Waals surface area contributed by atoms with Crippen LogP contribution < -0.4 is 16.0 Å². The SMILES string of the molecule is CCNC(=NCc1ccc(C)cc1C)NCC(=O)NCc1ccco1.I. The molecule has 2 aromatic rings. The van der Waals surface area contributed by atoms with Gasteiger partial charge in [0.2, 0.25) is 5.91 Å². The molecule has 7 heteroatoms. The number of hydrogen-bond donors (Lipinski definition) is 3. The third-order valence-corrected chi connectivity index (χ3v) is 3.71. The highest BCUT2D eigenvalue weighted by Crippen LogP contribution is 2.11. The Hall–Kier alpha value is -2.03. The standard InChI is InChI=1S/C19H26N4O2.HI/c1-4-20-19(22-11-16-8-7-14(2)10-15(16)3)23-13-18(24)21-12-17-6-5-9-25-17;/h5-10H,4,11-13H2,1-3H3,(H,21,24)(H2,20,22,23);1H. The lowest BCUT2D eigenvalue weighted by molar-refractivity contribution is -0.120. The number of halogens is 1. The highest BCUT2D eigenvalue weighted by Gasteiger charge is 2.05. The smallest absolute Gasteiger partial charge is 0.239 e. The fourth-order valence-electron chi connectivity index (χ4n) is 2.35. The van der Waals surface area contributed by atoms with Gasteiger partial charge in [-0.2, -0.15) is 0 Å². The average Bonchev–Trinajstić information content (AvgIpc) is 3.10. The van der Waals surface area contributed by atoms with Gasteiger partial charge in [0, 0.05) is 6.54 Å². The molecule has 6 nitrogen and oxygen atoms in total. The van der Waals surface area contributed by atoms with E-state index in [9.17, 15) is 4.79 Å². The van der Waals surface area contributed by atoms with Crippen molar-refractivity contribution in [3.05, 3.63) is 59.0 Å². The Morgan fingerprint density at radius 2 is 1.96 bits per heavy atom. The van der Waals surface area contributed by atoms with Crippen LogP contribution in [0.25, 0.3) is 0 Å². The monoisotopic (exact) mass is 470 g/mol. The van der Waals surface area contributed by atoms with E-state index in [-0.39, 0.29) is 36.4 Å². The molecule has 0 aliphatic heterocycles. The van der Waals surface area contributed by atoms with E-state index in [1.165, 1.54) is 16.7 Å². The van der Waals surface area contributed by atoms with Crippen molar-refractivity contribution in [2.45, 2.75) is 33.9 Å². The Labute approximate surface area is 171 Å². The molecular formula is C19H27IN4O2. The molecule has 0 unspecified atom stereocenters. The van der Waals surface area contributed by atoms with Gasteiger partial charge in [0.05, 0.1) is 25.9 Å². The number of guanidine groups is 1. The molecule has 0 bridgehead atoms. The van der Waals surface area contributed by atoms with Crippen LogP contribution in [0.4, 0.5) is 0 Å². The van der Waals surface area contributed by atoms with Gasteiger partial charge in [-0.05, 0) is 44.0 Å². The van der Waals surface area contributed by atoms with Crippen LogP contribution in [0.3, 0.4) is 0 Å².